The molecule has 0 aromatic heterocycles. The third-order valence-corrected chi connectivity index (χ3v) is 3.52. The van der Waals surface area contributed by atoms with Gasteiger partial charge in [0.25, 0.3) is 5.91 Å². The van der Waals surface area contributed by atoms with Crippen molar-refractivity contribution in [3.05, 3.63) is 29.8 Å². The van der Waals surface area contributed by atoms with Gasteiger partial charge in [-0.1, -0.05) is 0 Å². The van der Waals surface area contributed by atoms with Crippen LogP contribution in [0, 0.1) is 5.92 Å². The van der Waals surface area contributed by atoms with Crippen LogP contribution in [0.25, 0.3) is 0 Å². The number of rotatable bonds is 4. The number of amides is 2. The third-order valence-electron chi connectivity index (χ3n) is 3.52. The topological polar surface area (TPSA) is 75.7 Å². The lowest BCUT2D eigenvalue weighted by molar-refractivity contribution is -0.145. The molecule has 1 aliphatic rings. The second kappa shape index (κ2) is 6.60. The van der Waals surface area contributed by atoms with E-state index in [0.717, 1.165) is 0 Å². The maximum atomic E-state index is 12.0. The van der Waals surface area contributed by atoms with Crippen molar-refractivity contribution in [2.24, 2.45) is 5.92 Å². The largest absolute Gasteiger partial charge is 0.469 e. The quantitative estimate of drug-likeness (QED) is 0.852. The van der Waals surface area contributed by atoms with E-state index in [1.165, 1.54) is 7.11 Å². The lowest BCUT2D eigenvalue weighted by atomic mass is 10.1. The number of benzene rings is 1. The molecule has 2 rings (SSSR count). The van der Waals surface area contributed by atoms with E-state index in [-0.39, 0.29) is 30.2 Å². The van der Waals surface area contributed by atoms with Crippen LogP contribution in [-0.4, -0.2) is 37.5 Å². The van der Waals surface area contributed by atoms with Crippen LogP contribution in [0.5, 0.6) is 0 Å². The van der Waals surface area contributed by atoms with Crippen LogP contribution in [0.4, 0.5) is 5.69 Å². The smallest absolute Gasteiger partial charge is 0.311 e. The first-order chi connectivity index (χ1) is 10.4. The van der Waals surface area contributed by atoms with Crippen molar-refractivity contribution < 1.29 is 19.1 Å². The van der Waals surface area contributed by atoms with Gasteiger partial charge in [0.05, 0.1) is 13.0 Å². The number of anilines is 1. The van der Waals surface area contributed by atoms with Crippen LogP contribution in [0.15, 0.2) is 24.3 Å². The van der Waals surface area contributed by atoms with Gasteiger partial charge in [-0.3, -0.25) is 14.4 Å². The number of carbonyl (C=O) groups excluding carboxylic acids is 3. The Morgan fingerprint density at radius 1 is 1.27 bits per heavy atom. The highest BCUT2D eigenvalue weighted by atomic mass is 16.5. The van der Waals surface area contributed by atoms with Crippen LogP contribution < -0.4 is 10.2 Å². The summed E-state index contributed by atoms with van der Waals surface area (Å²) < 4.78 is 4.68. The second-order valence-corrected chi connectivity index (χ2v) is 5.60. The summed E-state index contributed by atoms with van der Waals surface area (Å²) in [5.41, 5.74) is 1.21. The fraction of sp³-hybridized carbons (Fsp3) is 0.438. The number of carbonyl (C=O) groups is 3. The van der Waals surface area contributed by atoms with Crippen molar-refractivity contribution in [2.75, 3.05) is 18.6 Å². The summed E-state index contributed by atoms with van der Waals surface area (Å²) in [7, 11) is 1.32. The van der Waals surface area contributed by atoms with E-state index in [2.05, 4.69) is 10.1 Å². The van der Waals surface area contributed by atoms with E-state index in [1.54, 1.807) is 29.2 Å². The molecule has 1 unspecified atom stereocenters. The van der Waals surface area contributed by atoms with Gasteiger partial charge in [0, 0.05) is 30.3 Å². The summed E-state index contributed by atoms with van der Waals surface area (Å²) in [5, 5.41) is 2.81. The molecule has 0 bridgehead atoms. The molecular formula is C16H20N2O4. The monoisotopic (exact) mass is 304 g/mol. The number of ether oxygens (including phenoxy) is 1. The zero-order valence-corrected chi connectivity index (χ0v) is 13.0. The number of esters is 1. The summed E-state index contributed by atoms with van der Waals surface area (Å²) >= 11 is 0. The Hall–Kier alpha value is -2.37. The minimum absolute atomic E-state index is 0.0631. The Kier molecular flexibility index (Phi) is 4.80. The number of nitrogens with one attached hydrogen (secondary N) is 1. The van der Waals surface area contributed by atoms with E-state index in [1.807, 2.05) is 13.8 Å². The van der Waals surface area contributed by atoms with Crippen molar-refractivity contribution in [1.82, 2.24) is 5.32 Å². The van der Waals surface area contributed by atoms with Gasteiger partial charge in [-0.15, -0.1) is 0 Å². The van der Waals surface area contributed by atoms with Gasteiger partial charge < -0.3 is 15.0 Å². The Labute approximate surface area is 129 Å². The minimum Gasteiger partial charge on any atom is -0.469 e. The number of nitrogens with zero attached hydrogens (tertiary/aromatic N) is 1. The number of methoxy groups -OCH3 is 1. The standard InChI is InChI=1S/C16H20N2O4/c1-10(2)17-15(20)11-4-6-13(7-5-11)18-9-12(8-14(18)19)16(21)22-3/h4-7,10,12H,8-9H2,1-3H3,(H,17,20). The van der Waals surface area contributed by atoms with E-state index < -0.39 is 5.92 Å². The molecule has 0 aliphatic carbocycles. The molecule has 1 aliphatic heterocycles. The molecule has 1 N–H and O–H groups in total. The van der Waals surface area contributed by atoms with E-state index in [9.17, 15) is 14.4 Å². The molecule has 0 spiro atoms. The highest BCUT2D eigenvalue weighted by molar-refractivity contribution is 6.00. The summed E-state index contributed by atoms with van der Waals surface area (Å²) in [6.07, 6.45) is 0.155. The van der Waals surface area contributed by atoms with Crippen LogP contribution in [0.1, 0.15) is 30.6 Å². The van der Waals surface area contributed by atoms with Crippen molar-refractivity contribution in [3.8, 4) is 0 Å². The summed E-state index contributed by atoms with van der Waals surface area (Å²) in [5.74, 6) is -1.07. The summed E-state index contributed by atoms with van der Waals surface area (Å²) in [6.45, 7) is 4.09. The fourth-order valence-corrected chi connectivity index (χ4v) is 2.42. The molecule has 1 aromatic rings. The molecule has 2 amide bonds. The lowest BCUT2D eigenvalue weighted by Gasteiger charge is -2.17. The van der Waals surface area contributed by atoms with Gasteiger partial charge >= 0.3 is 5.97 Å². The summed E-state index contributed by atoms with van der Waals surface area (Å²) in [4.78, 5) is 37.0. The van der Waals surface area contributed by atoms with E-state index in [4.69, 9.17) is 0 Å². The van der Waals surface area contributed by atoms with Crippen molar-refractivity contribution in [2.45, 2.75) is 26.3 Å². The van der Waals surface area contributed by atoms with Crippen LogP contribution in [-0.2, 0) is 14.3 Å². The third kappa shape index (κ3) is 3.44. The van der Waals surface area contributed by atoms with Crippen molar-refractivity contribution >= 4 is 23.5 Å². The predicted molar refractivity (Wildman–Crippen MR) is 81.5 cm³/mol. The second-order valence-electron chi connectivity index (χ2n) is 5.60. The molecule has 1 heterocycles. The average Bonchev–Trinajstić information content (AvgIpc) is 2.88. The molecule has 0 saturated carbocycles. The Morgan fingerprint density at radius 2 is 1.91 bits per heavy atom. The lowest BCUT2D eigenvalue weighted by Crippen LogP contribution is -2.30. The van der Waals surface area contributed by atoms with Gasteiger partial charge in [-0.25, -0.2) is 0 Å². The maximum Gasteiger partial charge on any atom is 0.311 e. The highest BCUT2D eigenvalue weighted by Gasteiger charge is 2.35. The van der Waals surface area contributed by atoms with Gasteiger partial charge in [-0.05, 0) is 38.1 Å². The normalized spacial score (nSPS) is 17.7. The first-order valence-electron chi connectivity index (χ1n) is 7.21. The van der Waals surface area contributed by atoms with E-state index in [0.29, 0.717) is 17.8 Å². The zero-order valence-electron chi connectivity index (χ0n) is 13.0. The van der Waals surface area contributed by atoms with Crippen molar-refractivity contribution in [3.63, 3.8) is 0 Å². The predicted octanol–water partition coefficient (Wildman–Crippen LogP) is 1.35. The molecule has 1 fully saturated rings. The molecule has 0 radical (unpaired) electrons. The molecule has 118 valence electrons. The number of hydrogen-bond acceptors (Lipinski definition) is 4. The molecule has 6 heteroatoms. The minimum atomic E-state index is -0.429. The first-order valence-corrected chi connectivity index (χ1v) is 7.21. The summed E-state index contributed by atoms with van der Waals surface area (Å²) in [6, 6.07) is 6.84. The van der Waals surface area contributed by atoms with Gasteiger partial charge in [0.15, 0.2) is 0 Å². The van der Waals surface area contributed by atoms with Crippen LogP contribution >= 0.6 is 0 Å². The molecular weight excluding hydrogens is 284 g/mol. The van der Waals surface area contributed by atoms with Crippen LogP contribution in [0.3, 0.4) is 0 Å². The number of hydrogen-bond donors (Lipinski definition) is 1. The van der Waals surface area contributed by atoms with Crippen LogP contribution in [0.2, 0.25) is 0 Å². The molecule has 6 nitrogen and oxygen atoms in total. The Bertz CT molecular complexity index is 580. The van der Waals surface area contributed by atoms with Gasteiger partial charge in [-0.2, -0.15) is 0 Å². The average molecular weight is 304 g/mol. The first kappa shape index (κ1) is 16.0. The highest BCUT2D eigenvalue weighted by Crippen LogP contribution is 2.26. The fourth-order valence-electron chi connectivity index (χ4n) is 2.42. The molecule has 1 aromatic carbocycles. The Morgan fingerprint density at radius 3 is 2.45 bits per heavy atom. The van der Waals surface area contributed by atoms with E-state index >= 15 is 0 Å². The van der Waals surface area contributed by atoms with Crippen molar-refractivity contribution in [1.29, 1.82) is 0 Å². The SMILES string of the molecule is COC(=O)C1CC(=O)N(c2ccc(C(=O)NC(C)C)cc2)C1. The molecule has 22 heavy (non-hydrogen) atoms. The van der Waals surface area contributed by atoms with Gasteiger partial charge in [0.2, 0.25) is 5.91 Å². The van der Waals surface area contributed by atoms with Gasteiger partial charge in [0.1, 0.15) is 0 Å². The Balaban J connectivity index is 2.09. The zero-order chi connectivity index (χ0) is 16.3. The molecule has 1 saturated heterocycles. The maximum absolute atomic E-state index is 12.0. The molecule has 1 atom stereocenters.